The molecular weight excluding hydrogens is 283 g/mol. The summed E-state index contributed by atoms with van der Waals surface area (Å²) in [7, 11) is -0.0891. The number of rotatable bonds is 8. The summed E-state index contributed by atoms with van der Waals surface area (Å²) in [6.07, 6.45) is 8.44. The molecule has 2 nitrogen and oxygen atoms in total. The van der Waals surface area contributed by atoms with E-state index in [0.29, 0.717) is 0 Å². The van der Waals surface area contributed by atoms with Crippen LogP contribution >= 0.6 is 0 Å². The lowest BCUT2D eigenvalue weighted by Gasteiger charge is -2.32. The third-order valence-electron chi connectivity index (χ3n) is 5.31. The van der Waals surface area contributed by atoms with Crippen LogP contribution in [0.3, 0.4) is 0 Å². The molecular formula is C20H33BO2. The molecule has 0 aliphatic carbocycles. The standard InChI is InChI=1S/C20H33BO2/c1-6-7-8-9-10-17-11-13-18(14-12-17)15-16-21-22-19(2,3)20(4,5)23-21/h11-14H,6-10,15-16H2,1-5H3. The number of unbranched alkanes of at least 4 members (excludes halogenated alkanes) is 3. The van der Waals surface area contributed by atoms with Crippen molar-refractivity contribution >= 4 is 7.12 Å². The highest BCUT2D eigenvalue weighted by Gasteiger charge is 2.50. The lowest BCUT2D eigenvalue weighted by atomic mass is 9.81. The van der Waals surface area contributed by atoms with Crippen LogP contribution in [0, 0.1) is 0 Å². The van der Waals surface area contributed by atoms with Crippen molar-refractivity contribution in [3.05, 3.63) is 35.4 Å². The molecule has 0 unspecified atom stereocenters. The van der Waals surface area contributed by atoms with E-state index in [4.69, 9.17) is 9.31 Å². The fourth-order valence-corrected chi connectivity index (χ4v) is 3.00. The normalized spacial score (nSPS) is 19.3. The van der Waals surface area contributed by atoms with E-state index in [9.17, 15) is 0 Å². The number of aryl methyl sites for hydroxylation is 2. The molecule has 0 bridgehead atoms. The van der Waals surface area contributed by atoms with Crippen molar-refractivity contribution < 1.29 is 9.31 Å². The van der Waals surface area contributed by atoms with E-state index in [0.717, 1.165) is 12.7 Å². The molecule has 1 aromatic rings. The van der Waals surface area contributed by atoms with Crippen LogP contribution in [-0.2, 0) is 22.2 Å². The third kappa shape index (κ3) is 5.09. The van der Waals surface area contributed by atoms with Crippen LogP contribution in [-0.4, -0.2) is 18.3 Å². The summed E-state index contributed by atoms with van der Waals surface area (Å²) in [6, 6.07) is 9.10. The zero-order valence-corrected chi connectivity index (χ0v) is 15.7. The van der Waals surface area contributed by atoms with Crippen molar-refractivity contribution in [2.45, 2.75) is 90.7 Å². The topological polar surface area (TPSA) is 18.5 Å². The Kier molecular flexibility index (Phi) is 6.33. The molecule has 2 rings (SSSR count). The minimum atomic E-state index is -0.222. The Morgan fingerprint density at radius 1 is 0.783 bits per heavy atom. The first-order valence-corrected chi connectivity index (χ1v) is 9.27. The Hall–Kier alpha value is -0.795. The summed E-state index contributed by atoms with van der Waals surface area (Å²) in [5.74, 6) is 0. The predicted octanol–water partition coefficient (Wildman–Crippen LogP) is 5.44. The molecule has 0 saturated carbocycles. The molecule has 3 heteroatoms. The van der Waals surface area contributed by atoms with Gasteiger partial charge in [0.2, 0.25) is 0 Å². The predicted molar refractivity (Wildman–Crippen MR) is 98.9 cm³/mol. The molecule has 1 aliphatic rings. The summed E-state index contributed by atoms with van der Waals surface area (Å²) >= 11 is 0. The second-order valence-corrected chi connectivity index (χ2v) is 7.85. The minimum absolute atomic E-state index is 0.0891. The van der Waals surface area contributed by atoms with Crippen molar-refractivity contribution in [1.29, 1.82) is 0 Å². The number of hydrogen-bond acceptors (Lipinski definition) is 2. The average Bonchev–Trinajstić information content (AvgIpc) is 2.70. The first-order valence-electron chi connectivity index (χ1n) is 9.27. The number of benzene rings is 1. The molecule has 23 heavy (non-hydrogen) atoms. The fourth-order valence-electron chi connectivity index (χ4n) is 3.00. The zero-order chi connectivity index (χ0) is 16.9. The van der Waals surface area contributed by atoms with Gasteiger partial charge in [-0.15, -0.1) is 0 Å². The van der Waals surface area contributed by atoms with Gasteiger partial charge in [-0.3, -0.25) is 0 Å². The van der Waals surface area contributed by atoms with Crippen molar-refractivity contribution in [2.24, 2.45) is 0 Å². The van der Waals surface area contributed by atoms with Gasteiger partial charge in [0.25, 0.3) is 0 Å². The summed E-state index contributed by atoms with van der Waals surface area (Å²) in [5.41, 5.74) is 2.39. The van der Waals surface area contributed by atoms with Crippen LogP contribution < -0.4 is 0 Å². The molecule has 0 radical (unpaired) electrons. The largest absolute Gasteiger partial charge is 0.458 e. The van der Waals surface area contributed by atoms with Crippen molar-refractivity contribution in [3.63, 3.8) is 0 Å². The van der Waals surface area contributed by atoms with E-state index in [1.54, 1.807) is 0 Å². The van der Waals surface area contributed by atoms with E-state index in [1.807, 2.05) is 0 Å². The van der Waals surface area contributed by atoms with Crippen molar-refractivity contribution in [2.75, 3.05) is 0 Å². The lowest BCUT2D eigenvalue weighted by Crippen LogP contribution is -2.41. The van der Waals surface area contributed by atoms with Gasteiger partial charge >= 0.3 is 7.12 Å². The van der Waals surface area contributed by atoms with Gasteiger partial charge in [-0.25, -0.2) is 0 Å². The highest BCUT2D eigenvalue weighted by atomic mass is 16.7. The molecule has 0 spiro atoms. The summed E-state index contributed by atoms with van der Waals surface area (Å²) in [6.45, 7) is 10.7. The molecule has 128 valence electrons. The van der Waals surface area contributed by atoms with Gasteiger partial charge in [0, 0.05) is 0 Å². The molecule has 0 amide bonds. The Morgan fingerprint density at radius 2 is 1.30 bits per heavy atom. The van der Waals surface area contributed by atoms with Crippen LogP contribution in [0.4, 0.5) is 0 Å². The van der Waals surface area contributed by atoms with E-state index in [1.165, 1.54) is 43.2 Å². The Labute approximate surface area is 143 Å². The third-order valence-corrected chi connectivity index (χ3v) is 5.31. The van der Waals surface area contributed by atoms with Crippen LogP contribution in [0.1, 0.15) is 71.4 Å². The molecule has 1 fully saturated rings. The minimum Gasteiger partial charge on any atom is -0.403 e. The van der Waals surface area contributed by atoms with E-state index >= 15 is 0 Å². The maximum absolute atomic E-state index is 6.06. The van der Waals surface area contributed by atoms with Crippen LogP contribution in [0.5, 0.6) is 0 Å². The summed E-state index contributed by atoms with van der Waals surface area (Å²) < 4.78 is 12.1. The molecule has 1 aromatic carbocycles. The maximum atomic E-state index is 6.06. The van der Waals surface area contributed by atoms with Crippen LogP contribution in [0.25, 0.3) is 0 Å². The molecule has 0 N–H and O–H groups in total. The smallest absolute Gasteiger partial charge is 0.403 e. The highest BCUT2D eigenvalue weighted by molar-refractivity contribution is 6.45. The molecule has 1 aliphatic heterocycles. The van der Waals surface area contributed by atoms with Gasteiger partial charge in [0.1, 0.15) is 0 Å². The van der Waals surface area contributed by atoms with E-state index in [-0.39, 0.29) is 18.3 Å². The van der Waals surface area contributed by atoms with Crippen molar-refractivity contribution in [3.8, 4) is 0 Å². The van der Waals surface area contributed by atoms with Gasteiger partial charge in [-0.05, 0) is 64.4 Å². The Morgan fingerprint density at radius 3 is 1.83 bits per heavy atom. The number of hydrogen-bond donors (Lipinski definition) is 0. The Balaban J connectivity index is 1.76. The summed E-state index contributed by atoms with van der Waals surface area (Å²) in [5, 5.41) is 0. The first-order chi connectivity index (χ1) is 10.8. The van der Waals surface area contributed by atoms with Crippen LogP contribution in [0.2, 0.25) is 6.32 Å². The van der Waals surface area contributed by atoms with E-state index < -0.39 is 0 Å². The van der Waals surface area contributed by atoms with Crippen molar-refractivity contribution in [1.82, 2.24) is 0 Å². The average molecular weight is 316 g/mol. The molecule has 0 aromatic heterocycles. The monoisotopic (exact) mass is 316 g/mol. The molecule has 0 atom stereocenters. The van der Waals surface area contributed by atoms with Gasteiger partial charge < -0.3 is 9.31 Å². The van der Waals surface area contributed by atoms with Gasteiger partial charge in [-0.2, -0.15) is 0 Å². The summed E-state index contributed by atoms with van der Waals surface area (Å²) in [4.78, 5) is 0. The Bertz CT molecular complexity index is 463. The second kappa shape index (κ2) is 7.85. The zero-order valence-electron chi connectivity index (χ0n) is 15.7. The quantitative estimate of drug-likeness (QED) is 0.469. The maximum Gasteiger partial charge on any atom is 0.458 e. The van der Waals surface area contributed by atoms with E-state index in [2.05, 4.69) is 58.9 Å². The fraction of sp³-hybridized carbons (Fsp3) is 0.700. The lowest BCUT2D eigenvalue weighted by molar-refractivity contribution is 0.00578. The second-order valence-electron chi connectivity index (χ2n) is 7.85. The van der Waals surface area contributed by atoms with Gasteiger partial charge in [0.15, 0.2) is 0 Å². The highest BCUT2D eigenvalue weighted by Crippen LogP contribution is 2.37. The SMILES string of the molecule is CCCCCCc1ccc(CCB2OC(C)(C)C(C)(C)O2)cc1. The first kappa shape index (κ1) is 18.5. The molecule has 1 saturated heterocycles. The van der Waals surface area contributed by atoms with Gasteiger partial charge in [-0.1, -0.05) is 50.5 Å². The molecule has 1 heterocycles. The van der Waals surface area contributed by atoms with Crippen LogP contribution in [0.15, 0.2) is 24.3 Å². The van der Waals surface area contributed by atoms with Gasteiger partial charge in [0.05, 0.1) is 11.2 Å².